The fourth-order valence-electron chi connectivity index (χ4n) is 3.01. The quantitative estimate of drug-likeness (QED) is 0.824. The molecule has 11 heteroatoms. The second kappa shape index (κ2) is 9.20. The van der Waals surface area contributed by atoms with E-state index in [2.05, 4.69) is 25.6 Å². The minimum absolute atomic E-state index is 0.338. The van der Waals surface area contributed by atoms with Gasteiger partial charge in [0.25, 0.3) is 0 Å². The third kappa shape index (κ3) is 5.80. The number of aromatic nitrogens is 4. The minimum Gasteiger partial charge on any atom is -0.475 e. The number of carbonyl (C=O) groups is 1. The van der Waals surface area contributed by atoms with Crippen molar-refractivity contribution >= 4 is 5.97 Å². The monoisotopic (exact) mass is 403 g/mol. The molecule has 0 saturated heterocycles. The number of hydrogen-bond acceptors (Lipinski definition) is 5. The highest BCUT2D eigenvalue weighted by Gasteiger charge is 2.38. The second-order valence-electron chi connectivity index (χ2n) is 6.48. The summed E-state index contributed by atoms with van der Waals surface area (Å²) in [5.74, 6) is -2.76. The van der Waals surface area contributed by atoms with E-state index < -0.39 is 12.1 Å². The van der Waals surface area contributed by atoms with Crippen LogP contribution in [0.3, 0.4) is 0 Å². The summed E-state index contributed by atoms with van der Waals surface area (Å²) in [6.45, 7) is 8.37. The largest absolute Gasteiger partial charge is 0.490 e. The molecule has 1 unspecified atom stereocenters. The zero-order chi connectivity index (χ0) is 20.9. The number of rotatable bonds is 5. The average molecular weight is 403 g/mol. The lowest BCUT2D eigenvalue weighted by atomic mass is 10.2. The summed E-state index contributed by atoms with van der Waals surface area (Å²) in [5, 5.41) is 11.6. The molecule has 1 atom stereocenters. The number of hydrogen-bond donors (Lipinski definition) is 1. The van der Waals surface area contributed by atoms with Crippen LogP contribution in [0.25, 0.3) is 0 Å². The van der Waals surface area contributed by atoms with Crippen molar-refractivity contribution in [2.75, 3.05) is 19.8 Å². The van der Waals surface area contributed by atoms with Crippen LogP contribution in [0.15, 0.2) is 18.6 Å². The van der Waals surface area contributed by atoms with Gasteiger partial charge in [0.2, 0.25) is 0 Å². The predicted octanol–water partition coefficient (Wildman–Crippen LogP) is 2.15. The zero-order valence-corrected chi connectivity index (χ0v) is 16.0. The van der Waals surface area contributed by atoms with Crippen LogP contribution in [0.1, 0.15) is 30.0 Å². The maximum Gasteiger partial charge on any atom is 0.490 e. The van der Waals surface area contributed by atoms with Crippen molar-refractivity contribution < 1.29 is 27.8 Å². The molecule has 0 aromatic carbocycles. The normalized spacial score (nSPS) is 17.0. The van der Waals surface area contributed by atoms with Crippen LogP contribution in [-0.4, -0.2) is 61.2 Å². The molecule has 2 aromatic heterocycles. The number of aryl methyl sites for hydroxylation is 2. The molecular formula is C17H24F3N5O3. The lowest BCUT2D eigenvalue weighted by molar-refractivity contribution is -0.192. The minimum atomic E-state index is -5.08. The number of carboxylic acids is 1. The number of imidazole rings is 1. The molecule has 0 saturated carbocycles. The van der Waals surface area contributed by atoms with E-state index in [1.165, 1.54) is 11.4 Å². The van der Waals surface area contributed by atoms with Crippen molar-refractivity contribution in [3.63, 3.8) is 0 Å². The Kier molecular flexibility index (Phi) is 7.19. The van der Waals surface area contributed by atoms with Crippen LogP contribution in [0, 0.1) is 6.92 Å². The van der Waals surface area contributed by atoms with Gasteiger partial charge in [0, 0.05) is 39.5 Å². The fourth-order valence-corrected chi connectivity index (χ4v) is 3.01. The van der Waals surface area contributed by atoms with Crippen molar-refractivity contribution in [3.8, 4) is 0 Å². The van der Waals surface area contributed by atoms with Gasteiger partial charge in [-0.05, 0) is 19.9 Å². The molecule has 2 aromatic rings. The van der Waals surface area contributed by atoms with Crippen LogP contribution < -0.4 is 0 Å². The Labute approximate surface area is 160 Å². The zero-order valence-electron chi connectivity index (χ0n) is 16.0. The van der Waals surface area contributed by atoms with E-state index in [0.29, 0.717) is 6.04 Å². The van der Waals surface area contributed by atoms with Gasteiger partial charge in [-0.2, -0.15) is 18.3 Å². The molecule has 156 valence electrons. The second-order valence-corrected chi connectivity index (χ2v) is 6.48. The molecule has 0 radical (unpaired) electrons. The van der Waals surface area contributed by atoms with E-state index in [-0.39, 0.29) is 0 Å². The predicted molar refractivity (Wildman–Crippen MR) is 93.5 cm³/mol. The van der Waals surface area contributed by atoms with E-state index in [1.54, 1.807) is 0 Å². The van der Waals surface area contributed by atoms with Gasteiger partial charge in [-0.1, -0.05) is 0 Å². The first-order chi connectivity index (χ1) is 13.1. The number of ether oxygens (including phenoxy) is 1. The first-order valence-electron chi connectivity index (χ1n) is 8.72. The van der Waals surface area contributed by atoms with Crippen molar-refractivity contribution in [3.05, 3.63) is 35.7 Å². The highest BCUT2D eigenvalue weighted by atomic mass is 19.4. The average Bonchev–Trinajstić information content (AvgIpc) is 3.18. The van der Waals surface area contributed by atoms with Crippen molar-refractivity contribution in [2.24, 2.45) is 7.05 Å². The highest BCUT2D eigenvalue weighted by molar-refractivity contribution is 5.73. The van der Waals surface area contributed by atoms with Crippen LogP contribution in [-0.2, 0) is 29.7 Å². The number of halogens is 3. The lowest BCUT2D eigenvalue weighted by Gasteiger charge is -2.34. The molecule has 8 nitrogen and oxygen atoms in total. The van der Waals surface area contributed by atoms with E-state index in [4.69, 9.17) is 14.6 Å². The Morgan fingerprint density at radius 2 is 2.11 bits per heavy atom. The molecule has 0 aliphatic carbocycles. The SMILES string of the molecule is CCOCC1CN(Cc2cc(C)nn2C)Cc2cncn21.O=C(O)C(F)(F)F. The fraction of sp³-hybridized carbons (Fsp3) is 0.588. The Bertz CT molecular complexity index is 787. The van der Waals surface area contributed by atoms with E-state index >= 15 is 0 Å². The summed E-state index contributed by atoms with van der Waals surface area (Å²) in [6.07, 6.45) is -1.20. The third-order valence-electron chi connectivity index (χ3n) is 4.24. The van der Waals surface area contributed by atoms with Gasteiger partial charge in [-0.3, -0.25) is 9.58 Å². The van der Waals surface area contributed by atoms with Crippen LogP contribution >= 0.6 is 0 Å². The van der Waals surface area contributed by atoms with Gasteiger partial charge in [-0.25, -0.2) is 9.78 Å². The Balaban J connectivity index is 0.000000345. The van der Waals surface area contributed by atoms with Gasteiger partial charge < -0.3 is 14.4 Å². The third-order valence-corrected chi connectivity index (χ3v) is 4.24. The van der Waals surface area contributed by atoms with E-state index in [0.717, 1.165) is 38.5 Å². The van der Waals surface area contributed by atoms with Crippen LogP contribution in [0.4, 0.5) is 13.2 Å². The lowest BCUT2D eigenvalue weighted by Crippen LogP contribution is -2.38. The van der Waals surface area contributed by atoms with Gasteiger partial charge in [0.1, 0.15) is 0 Å². The van der Waals surface area contributed by atoms with Gasteiger partial charge in [-0.15, -0.1) is 0 Å². The number of alkyl halides is 3. The molecule has 3 rings (SSSR count). The summed E-state index contributed by atoms with van der Waals surface area (Å²) < 4.78 is 41.6. The molecule has 0 amide bonds. The maximum atomic E-state index is 10.6. The van der Waals surface area contributed by atoms with Crippen molar-refractivity contribution in [1.82, 2.24) is 24.2 Å². The van der Waals surface area contributed by atoms with Crippen molar-refractivity contribution in [2.45, 2.75) is 39.2 Å². The Hall–Kier alpha value is -2.40. The topological polar surface area (TPSA) is 85.4 Å². The molecule has 1 aliphatic heterocycles. The summed E-state index contributed by atoms with van der Waals surface area (Å²) in [4.78, 5) is 15.6. The van der Waals surface area contributed by atoms with E-state index in [9.17, 15) is 13.2 Å². The number of fused-ring (bicyclic) bond motifs is 1. The smallest absolute Gasteiger partial charge is 0.475 e. The summed E-state index contributed by atoms with van der Waals surface area (Å²) >= 11 is 0. The Morgan fingerprint density at radius 3 is 2.64 bits per heavy atom. The summed E-state index contributed by atoms with van der Waals surface area (Å²) in [5.41, 5.74) is 3.57. The summed E-state index contributed by atoms with van der Waals surface area (Å²) in [6, 6.07) is 2.49. The highest BCUT2D eigenvalue weighted by Crippen LogP contribution is 2.23. The standard InChI is InChI=1S/C15H23N5O.C2HF3O2/c1-4-21-10-15-9-19(8-14-6-16-11-20(14)15)7-13-5-12(2)17-18(13)3;3-2(4,5)1(6)7/h5-6,11,15H,4,7-10H2,1-3H3;(H,6,7). The van der Waals surface area contributed by atoms with E-state index in [1.807, 2.05) is 38.1 Å². The molecule has 1 aliphatic rings. The molecule has 1 N–H and O–H groups in total. The number of nitrogens with zero attached hydrogens (tertiary/aromatic N) is 5. The molecule has 0 spiro atoms. The first kappa shape index (κ1) is 21.9. The van der Waals surface area contributed by atoms with Gasteiger partial charge >= 0.3 is 12.1 Å². The number of carboxylic acid groups (broad SMARTS) is 1. The maximum absolute atomic E-state index is 10.6. The molecule has 28 heavy (non-hydrogen) atoms. The first-order valence-corrected chi connectivity index (χ1v) is 8.72. The summed E-state index contributed by atoms with van der Waals surface area (Å²) in [7, 11) is 2.01. The van der Waals surface area contributed by atoms with Gasteiger partial charge in [0.05, 0.1) is 36.1 Å². The Morgan fingerprint density at radius 1 is 1.43 bits per heavy atom. The van der Waals surface area contributed by atoms with Crippen LogP contribution in [0.5, 0.6) is 0 Å². The van der Waals surface area contributed by atoms with Gasteiger partial charge in [0.15, 0.2) is 0 Å². The number of aliphatic carboxylic acids is 1. The van der Waals surface area contributed by atoms with Crippen molar-refractivity contribution in [1.29, 1.82) is 0 Å². The molecule has 0 bridgehead atoms. The van der Waals surface area contributed by atoms with Crippen LogP contribution in [0.2, 0.25) is 0 Å². The molecule has 0 fully saturated rings. The molecular weight excluding hydrogens is 379 g/mol. The molecule has 3 heterocycles.